The van der Waals surface area contributed by atoms with E-state index in [0.29, 0.717) is 58.8 Å². The molecule has 3 aromatic rings. The Bertz CT molecular complexity index is 1360. The van der Waals surface area contributed by atoms with Crippen LogP contribution < -0.4 is 29.7 Å². The fourth-order valence-electron chi connectivity index (χ4n) is 4.85. The zero-order valence-electron chi connectivity index (χ0n) is 18.8. The summed E-state index contributed by atoms with van der Waals surface area (Å²) in [5.41, 5.74) is 1.46. The van der Waals surface area contributed by atoms with Gasteiger partial charge in [-0.05, 0) is 55.5 Å². The molecule has 0 spiro atoms. The number of rotatable bonds is 3. The van der Waals surface area contributed by atoms with E-state index in [2.05, 4.69) is 10.6 Å². The van der Waals surface area contributed by atoms with Crippen LogP contribution in [-0.2, 0) is 0 Å². The summed E-state index contributed by atoms with van der Waals surface area (Å²) in [5.74, 6) is 1.60. The second-order valence-corrected chi connectivity index (χ2v) is 9.30. The summed E-state index contributed by atoms with van der Waals surface area (Å²) in [6.45, 7) is 2.83. The second-order valence-electron chi connectivity index (χ2n) is 8.86. The molecule has 3 amide bonds. The van der Waals surface area contributed by atoms with Gasteiger partial charge in [0.2, 0.25) is 0 Å². The molecule has 6 rings (SSSR count). The molecular formula is C26H22ClN3O5. The lowest BCUT2D eigenvalue weighted by atomic mass is 9.90. The van der Waals surface area contributed by atoms with Crippen LogP contribution in [0.15, 0.2) is 60.7 Å². The molecule has 0 aliphatic carbocycles. The number of anilines is 2. The minimum atomic E-state index is -0.932. The van der Waals surface area contributed by atoms with Crippen molar-refractivity contribution in [3.8, 4) is 17.2 Å². The average molecular weight is 492 g/mol. The lowest BCUT2D eigenvalue weighted by molar-refractivity contribution is 0.0378. The molecule has 8 nitrogen and oxygen atoms in total. The SMILES string of the molecule is C[C@]12C[C@H](NC(=O)N1c1cccc(C(=O)Nc3ccc4c(c3)OCCO4)c1)c1cc(Cl)ccc1O2. The van der Waals surface area contributed by atoms with Crippen molar-refractivity contribution in [1.82, 2.24) is 5.32 Å². The van der Waals surface area contributed by atoms with E-state index in [1.54, 1.807) is 53.4 Å². The van der Waals surface area contributed by atoms with E-state index in [4.69, 9.17) is 25.8 Å². The molecule has 35 heavy (non-hydrogen) atoms. The van der Waals surface area contributed by atoms with Crippen molar-refractivity contribution in [3.05, 3.63) is 76.8 Å². The summed E-state index contributed by atoms with van der Waals surface area (Å²) in [4.78, 5) is 27.8. The number of benzene rings is 3. The molecule has 0 aromatic heterocycles. The number of nitrogens with zero attached hydrogens (tertiary/aromatic N) is 1. The predicted molar refractivity (Wildman–Crippen MR) is 131 cm³/mol. The zero-order chi connectivity index (χ0) is 24.2. The average Bonchev–Trinajstić information content (AvgIpc) is 2.84. The number of carbonyl (C=O) groups excluding carboxylic acids is 2. The third kappa shape index (κ3) is 3.80. The van der Waals surface area contributed by atoms with Crippen LogP contribution in [0, 0.1) is 0 Å². The zero-order valence-corrected chi connectivity index (χ0v) is 19.6. The maximum Gasteiger partial charge on any atom is 0.325 e. The minimum absolute atomic E-state index is 0.215. The normalized spacial score (nSPS) is 21.9. The Morgan fingerprint density at radius 2 is 1.86 bits per heavy atom. The third-order valence-electron chi connectivity index (χ3n) is 6.40. The smallest absolute Gasteiger partial charge is 0.325 e. The van der Waals surface area contributed by atoms with Gasteiger partial charge in [-0.25, -0.2) is 4.79 Å². The Hall–Kier alpha value is -3.91. The molecule has 3 heterocycles. The standard InChI is InChI=1S/C26H22ClN3O5/c1-26-14-20(19-12-16(27)5-7-21(19)35-26)29-25(32)30(26)18-4-2-3-15(11-18)24(31)28-17-6-8-22-23(13-17)34-10-9-33-22/h2-8,11-13,20H,9-10,14H2,1H3,(H,28,31)(H,29,32)/t20-,26-/m0/s1. The molecule has 0 unspecified atom stereocenters. The van der Waals surface area contributed by atoms with E-state index in [1.807, 2.05) is 19.1 Å². The van der Waals surface area contributed by atoms with E-state index >= 15 is 0 Å². The topological polar surface area (TPSA) is 89.1 Å². The molecule has 2 atom stereocenters. The molecule has 0 radical (unpaired) electrons. The van der Waals surface area contributed by atoms with Crippen LogP contribution in [0.1, 0.15) is 35.3 Å². The van der Waals surface area contributed by atoms with Crippen LogP contribution in [0.2, 0.25) is 5.02 Å². The van der Waals surface area contributed by atoms with Gasteiger partial charge in [-0.1, -0.05) is 17.7 Å². The Labute approximate surface area is 206 Å². The first-order chi connectivity index (χ1) is 16.9. The number of urea groups is 1. The molecule has 178 valence electrons. The molecule has 2 bridgehead atoms. The maximum atomic E-state index is 13.2. The van der Waals surface area contributed by atoms with Crippen LogP contribution in [0.25, 0.3) is 0 Å². The lowest BCUT2D eigenvalue weighted by Crippen LogP contribution is -2.65. The molecule has 9 heteroatoms. The monoisotopic (exact) mass is 491 g/mol. The van der Waals surface area contributed by atoms with Crippen LogP contribution in [0.5, 0.6) is 17.2 Å². The predicted octanol–water partition coefficient (Wildman–Crippen LogP) is 5.13. The minimum Gasteiger partial charge on any atom is -0.486 e. The van der Waals surface area contributed by atoms with Gasteiger partial charge in [0.05, 0.1) is 11.7 Å². The van der Waals surface area contributed by atoms with Gasteiger partial charge < -0.3 is 24.8 Å². The number of amides is 3. The fourth-order valence-corrected chi connectivity index (χ4v) is 5.03. The summed E-state index contributed by atoms with van der Waals surface area (Å²) in [6, 6.07) is 17.0. The Morgan fingerprint density at radius 1 is 1.06 bits per heavy atom. The van der Waals surface area contributed by atoms with Crippen LogP contribution in [0.4, 0.5) is 16.2 Å². The van der Waals surface area contributed by atoms with Gasteiger partial charge in [-0.3, -0.25) is 9.69 Å². The molecular weight excluding hydrogens is 470 g/mol. The van der Waals surface area contributed by atoms with Crippen molar-refractivity contribution >= 4 is 34.9 Å². The first kappa shape index (κ1) is 21.6. The van der Waals surface area contributed by atoms with Crippen molar-refractivity contribution < 1.29 is 23.8 Å². The van der Waals surface area contributed by atoms with Crippen LogP contribution in [-0.4, -0.2) is 30.9 Å². The van der Waals surface area contributed by atoms with E-state index in [9.17, 15) is 9.59 Å². The van der Waals surface area contributed by atoms with Crippen molar-refractivity contribution in [1.29, 1.82) is 0 Å². The number of fused-ring (bicyclic) bond motifs is 5. The highest BCUT2D eigenvalue weighted by molar-refractivity contribution is 6.30. The molecule has 1 fully saturated rings. The first-order valence-electron chi connectivity index (χ1n) is 11.3. The molecule has 3 aromatic carbocycles. The molecule has 3 aliphatic rings. The lowest BCUT2D eigenvalue weighted by Gasteiger charge is -2.50. The van der Waals surface area contributed by atoms with Gasteiger partial charge in [0.15, 0.2) is 17.2 Å². The van der Waals surface area contributed by atoms with Gasteiger partial charge in [0.25, 0.3) is 5.91 Å². The van der Waals surface area contributed by atoms with Crippen molar-refractivity contribution in [3.63, 3.8) is 0 Å². The summed E-state index contributed by atoms with van der Waals surface area (Å²) in [5, 5.41) is 6.52. The number of halogens is 1. The number of hydrogen-bond acceptors (Lipinski definition) is 5. The van der Waals surface area contributed by atoms with Crippen molar-refractivity contribution in [2.45, 2.75) is 25.1 Å². The summed E-state index contributed by atoms with van der Waals surface area (Å²) in [7, 11) is 0. The van der Waals surface area contributed by atoms with Gasteiger partial charge in [0.1, 0.15) is 19.0 Å². The Kier molecular flexibility index (Phi) is 5.00. The number of ether oxygens (including phenoxy) is 3. The molecule has 1 saturated heterocycles. The van der Waals surface area contributed by atoms with Crippen LogP contribution >= 0.6 is 11.6 Å². The summed E-state index contributed by atoms with van der Waals surface area (Å²) >= 11 is 6.16. The van der Waals surface area contributed by atoms with Gasteiger partial charge in [0, 0.05) is 34.3 Å². The highest BCUT2D eigenvalue weighted by atomic mass is 35.5. The second kappa shape index (κ2) is 8.09. The molecule has 2 N–H and O–H groups in total. The molecule has 3 aliphatic heterocycles. The van der Waals surface area contributed by atoms with E-state index in [0.717, 1.165) is 5.56 Å². The van der Waals surface area contributed by atoms with Crippen molar-refractivity contribution in [2.24, 2.45) is 0 Å². The summed E-state index contributed by atoms with van der Waals surface area (Å²) < 4.78 is 17.4. The number of carbonyl (C=O) groups is 2. The first-order valence-corrected chi connectivity index (χ1v) is 11.7. The summed E-state index contributed by atoms with van der Waals surface area (Å²) in [6.07, 6.45) is 0.527. The van der Waals surface area contributed by atoms with Crippen LogP contribution in [0.3, 0.4) is 0 Å². The quantitative estimate of drug-likeness (QED) is 0.530. The van der Waals surface area contributed by atoms with E-state index in [1.165, 1.54) is 0 Å². The molecule has 0 saturated carbocycles. The van der Waals surface area contributed by atoms with Crippen molar-refractivity contribution in [2.75, 3.05) is 23.4 Å². The van der Waals surface area contributed by atoms with E-state index < -0.39 is 5.72 Å². The Morgan fingerprint density at radius 3 is 2.71 bits per heavy atom. The van der Waals surface area contributed by atoms with Gasteiger partial charge >= 0.3 is 6.03 Å². The van der Waals surface area contributed by atoms with E-state index in [-0.39, 0.29) is 18.0 Å². The fraction of sp³-hybridized carbons (Fsp3) is 0.231. The van der Waals surface area contributed by atoms with Gasteiger partial charge in [-0.15, -0.1) is 0 Å². The Balaban J connectivity index is 1.27. The maximum absolute atomic E-state index is 13.2. The number of hydrogen-bond donors (Lipinski definition) is 2. The highest BCUT2D eigenvalue weighted by Crippen LogP contribution is 2.46. The van der Waals surface area contributed by atoms with Gasteiger partial charge in [-0.2, -0.15) is 0 Å². The third-order valence-corrected chi connectivity index (χ3v) is 6.64. The highest BCUT2D eigenvalue weighted by Gasteiger charge is 2.50. The largest absolute Gasteiger partial charge is 0.486 e. The number of nitrogens with one attached hydrogen (secondary N) is 2.